The average molecular weight is 305 g/mol. The van der Waals surface area contributed by atoms with Crippen LogP contribution in [0, 0.1) is 0 Å². The van der Waals surface area contributed by atoms with E-state index in [0.29, 0.717) is 24.5 Å². The highest BCUT2D eigenvalue weighted by Crippen LogP contribution is 2.28. The summed E-state index contributed by atoms with van der Waals surface area (Å²) in [7, 11) is 3.18. The normalized spacial score (nSPS) is 10.4. The van der Waals surface area contributed by atoms with E-state index < -0.39 is 0 Å². The molecule has 112 valence electrons. The van der Waals surface area contributed by atoms with Crippen molar-refractivity contribution in [3.8, 4) is 11.5 Å². The fourth-order valence-corrected chi connectivity index (χ4v) is 3.10. The minimum absolute atomic E-state index is 0.104. The van der Waals surface area contributed by atoms with E-state index in [0.717, 1.165) is 22.4 Å². The van der Waals surface area contributed by atoms with Crippen molar-refractivity contribution in [1.82, 2.24) is 0 Å². The number of ether oxygens (including phenoxy) is 2. The van der Waals surface area contributed by atoms with E-state index in [1.54, 1.807) is 25.6 Å². The van der Waals surface area contributed by atoms with Crippen LogP contribution >= 0.6 is 11.3 Å². The van der Waals surface area contributed by atoms with Gasteiger partial charge in [0.1, 0.15) is 0 Å². The first kappa shape index (κ1) is 15.5. The van der Waals surface area contributed by atoms with Gasteiger partial charge in [-0.15, -0.1) is 11.3 Å². The second-order valence-corrected chi connectivity index (χ2v) is 5.59. The number of methoxy groups -OCH3 is 2. The summed E-state index contributed by atoms with van der Waals surface area (Å²) < 4.78 is 10.5. The van der Waals surface area contributed by atoms with E-state index in [1.165, 1.54) is 0 Å². The zero-order valence-electron chi connectivity index (χ0n) is 12.2. The third-order valence-corrected chi connectivity index (χ3v) is 4.21. The monoisotopic (exact) mass is 305 g/mol. The molecule has 0 aliphatic carbocycles. The van der Waals surface area contributed by atoms with Gasteiger partial charge in [-0.3, -0.25) is 4.79 Å². The average Bonchev–Trinajstić information content (AvgIpc) is 2.96. The molecule has 0 saturated heterocycles. The van der Waals surface area contributed by atoms with E-state index in [1.807, 2.05) is 29.6 Å². The largest absolute Gasteiger partial charge is 0.493 e. The number of benzene rings is 1. The molecule has 2 rings (SSSR count). The molecule has 5 heteroatoms. The number of thiophene rings is 1. The molecular formula is C16H19NO3S. The topological polar surface area (TPSA) is 61.5 Å². The third-order valence-electron chi connectivity index (χ3n) is 3.23. The summed E-state index contributed by atoms with van der Waals surface area (Å²) in [4.78, 5) is 13.5. The van der Waals surface area contributed by atoms with Crippen LogP contribution in [0.3, 0.4) is 0 Å². The highest BCUT2D eigenvalue weighted by atomic mass is 32.1. The molecule has 1 aromatic heterocycles. The molecule has 0 saturated carbocycles. The van der Waals surface area contributed by atoms with Gasteiger partial charge in [0.25, 0.3) is 0 Å². The Hall–Kier alpha value is -1.85. The first-order chi connectivity index (χ1) is 10.2. The fraction of sp³-hybridized carbons (Fsp3) is 0.312. The zero-order valence-corrected chi connectivity index (χ0v) is 13.0. The number of ketones is 1. The van der Waals surface area contributed by atoms with Crippen molar-refractivity contribution in [3.05, 3.63) is 45.6 Å². The summed E-state index contributed by atoms with van der Waals surface area (Å²) in [5.41, 5.74) is 7.26. The van der Waals surface area contributed by atoms with Crippen molar-refractivity contribution in [3.63, 3.8) is 0 Å². The van der Waals surface area contributed by atoms with E-state index in [9.17, 15) is 4.79 Å². The van der Waals surface area contributed by atoms with Crippen LogP contribution in [0.2, 0.25) is 0 Å². The van der Waals surface area contributed by atoms with Crippen LogP contribution in [-0.4, -0.2) is 26.5 Å². The second-order valence-electron chi connectivity index (χ2n) is 4.59. The predicted molar refractivity (Wildman–Crippen MR) is 84.7 cm³/mol. The molecule has 0 amide bonds. The molecule has 0 radical (unpaired) electrons. The number of hydrogen-bond donors (Lipinski definition) is 1. The molecule has 1 heterocycles. The molecule has 1 aromatic carbocycles. The lowest BCUT2D eigenvalue weighted by molar-refractivity contribution is 0.0992. The summed E-state index contributed by atoms with van der Waals surface area (Å²) in [6.45, 7) is 0.553. The van der Waals surface area contributed by atoms with Gasteiger partial charge < -0.3 is 15.2 Å². The van der Waals surface area contributed by atoms with Crippen molar-refractivity contribution in [2.24, 2.45) is 5.73 Å². The van der Waals surface area contributed by atoms with Gasteiger partial charge >= 0.3 is 0 Å². The van der Waals surface area contributed by atoms with Crippen LogP contribution in [0.5, 0.6) is 11.5 Å². The van der Waals surface area contributed by atoms with Gasteiger partial charge in [-0.2, -0.15) is 0 Å². The molecule has 0 atom stereocenters. The highest BCUT2D eigenvalue weighted by Gasteiger charge is 2.14. The number of hydrogen-bond acceptors (Lipinski definition) is 5. The van der Waals surface area contributed by atoms with Crippen molar-refractivity contribution in [1.29, 1.82) is 0 Å². The van der Waals surface area contributed by atoms with Crippen molar-refractivity contribution in [2.75, 3.05) is 20.8 Å². The Bertz CT molecular complexity index is 622. The van der Waals surface area contributed by atoms with Gasteiger partial charge in [-0.1, -0.05) is 6.07 Å². The van der Waals surface area contributed by atoms with Gasteiger partial charge in [0.2, 0.25) is 0 Å². The Kier molecular flexibility index (Phi) is 5.36. The summed E-state index contributed by atoms with van der Waals surface area (Å²) >= 11 is 1.58. The number of rotatable bonds is 7. The molecule has 0 bridgehead atoms. The molecular weight excluding hydrogens is 286 g/mol. The predicted octanol–water partition coefficient (Wildman–Crippen LogP) is 2.69. The maximum atomic E-state index is 12.4. The van der Waals surface area contributed by atoms with Gasteiger partial charge in [0, 0.05) is 16.9 Å². The maximum absolute atomic E-state index is 12.4. The molecule has 2 aromatic rings. The van der Waals surface area contributed by atoms with E-state index in [4.69, 9.17) is 15.2 Å². The Morgan fingerprint density at radius 3 is 2.62 bits per heavy atom. The zero-order chi connectivity index (χ0) is 15.2. The SMILES string of the molecule is COc1ccc(CC(=O)c2ccsc2CCN)cc1OC. The maximum Gasteiger partial charge on any atom is 0.168 e. The first-order valence-electron chi connectivity index (χ1n) is 6.70. The molecule has 0 fully saturated rings. The number of nitrogens with two attached hydrogens (primary N) is 1. The van der Waals surface area contributed by atoms with Crippen LogP contribution in [0.4, 0.5) is 0 Å². The number of carbonyl (C=O) groups is 1. The molecule has 4 nitrogen and oxygen atoms in total. The minimum atomic E-state index is 0.104. The summed E-state index contributed by atoms with van der Waals surface area (Å²) in [5, 5.41) is 1.94. The Balaban J connectivity index is 2.17. The highest BCUT2D eigenvalue weighted by molar-refractivity contribution is 7.10. The number of carbonyl (C=O) groups excluding carboxylic acids is 1. The Labute approximate surface area is 128 Å². The van der Waals surface area contributed by atoms with Crippen LogP contribution in [-0.2, 0) is 12.8 Å². The standard InChI is InChI=1S/C16H19NO3S/c1-19-14-4-3-11(10-15(14)20-2)9-13(18)12-6-8-21-16(12)5-7-17/h3-4,6,8,10H,5,7,9,17H2,1-2H3. The quantitative estimate of drug-likeness (QED) is 0.799. The summed E-state index contributed by atoms with van der Waals surface area (Å²) in [5.74, 6) is 1.40. The lowest BCUT2D eigenvalue weighted by Crippen LogP contribution is -2.08. The molecule has 21 heavy (non-hydrogen) atoms. The second kappa shape index (κ2) is 7.24. The van der Waals surface area contributed by atoms with Crippen molar-refractivity contribution in [2.45, 2.75) is 12.8 Å². The van der Waals surface area contributed by atoms with Crippen LogP contribution in [0.25, 0.3) is 0 Å². The number of Topliss-reactive ketones (excluding diaryl/α,β-unsaturated/α-hetero) is 1. The Morgan fingerprint density at radius 2 is 1.95 bits per heavy atom. The van der Waals surface area contributed by atoms with Gasteiger partial charge in [-0.05, 0) is 42.1 Å². The summed E-state index contributed by atoms with van der Waals surface area (Å²) in [6, 6.07) is 7.41. The van der Waals surface area contributed by atoms with Gasteiger partial charge in [-0.25, -0.2) is 0 Å². The van der Waals surface area contributed by atoms with Crippen LogP contribution < -0.4 is 15.2 Å². The molecule has 0 spiro atoms. The van der Waals surface area contributed by atoms with E-state index >= 15 is 0 Å². The first-order valence-corrected chi connectivity index (χ1v) is 7.58. The summed E-state index contributed by atoms with van der Waals surface area (Å²) in [6.07, 6.45) is 1.08. The van der Waals surface area contributed by atoms with Crippen LogP contribution in [0.15, 0.2) is 29.6 Å². The lowest BCUT2D eigenvalue weighted by Gasteiger charge is -2.09. The smallest absolute Gasteiger partial charge is 0.168 e. The third kappa shape index (κ3) is 3.62. The minimum Gasteiger partial charge on any atom is -0.493 e. The fourth-order valence-electron chi connectivity index (χ4n) is 2.18. The molecule has 0 unspecified atom stereocenters. The van der Waals surface area contributed by atoms with E-state index in [2.05, 4.69) is 0 Å². The van der Waals surface area contributed by atoms with Gasteiger partial charge in [0.15, 0.2) is 17.3 Å². The van der Waals surface area contributed by atoms with Gasteiger partial charge in [0.05, 0.1) is 14.2 Å². The van der Waals surface area contributed by atoms with E-state index in [-0.39, 0.29) is 5.78 Å². The Morgan fingerprint density at radius 1 is 1.19 bits per heavy atom. The van der Waals surface area contributed by atoms with Crippen LogP contribution in [0.1, 0.15) is 20.8 Å². The van der Waals surface area contributed by atoms with Crippen molar-refractivity contribution >= 4 is 17.1 Å². The lowest BCUT2D eigenvalue weighted by atomic mass is 10.0. The molecule has 0 aliphatic heterocycles. The molecule has 0 aliphatic rings. The van der Waals surface area contributed by atoms with Crippen molar-refractivity contribution < 1.29 is 14.3 Å². The molecule has 2 N–H and O–H groups in total.